The summed E-state index contributed by atoms with van der Waals surface area (Å²) in [5, 5.41) is 11.5. The number of hydrogen-bond acceptors (Lipinski definition) is 4. The molecule has 0 spiro atoms. The summed E-state index contributed by atoms with van der Waals surface area (Å²) in [7, 11) is 0. The van der Waals surface area contributed by atoms with Gasteiger partial charge in [-0.2, -0.15) is 0 Å². The van der Waals surface area contributed by atoms with E-state index in [1.54, 1.807) is 0 Å². The lowest BCUT2D eigenvalue weighted by Crippen LogP contribution is -1.99. The van der Waals surface area contributed by atoms with Crippen molar-refractivity contribution < 1.29 is 14.3 Å². The maximum absolute atomic E-state index is 12.9. The Balaban J connectivity index is 1.94. The van der Waals surface area contributed by atoms with Crippen molar-refractivity contribution in [1.82, 2.24) is 4.98 Å². The first-order valence-electron chi connectivity index (χ1n) is 5.86. The molecule has 0 aliphatic rings. The van der Waals surface area contributed by atoms with E-state index in [0.717, 1.165) is 11.1 Å². The average molecular weight is 295 g/mol. The number of aromatic nitrogens is 1. The number of rotatable bonds is 5. The summed E-state index contributed by atoms with van der Waals surface area (Å²) in [5.74, 6) is -0.146. The number of oxime groups is 1. The molecule has 0 bridgehead atoms. The molecule has 6 heteroatoms. The van der Waals surface area contributed by atoms with Gasteiger partial charge in [0.1, 0.15) is 17.6 Å². The van der Waals surface area contributed by atoms with Crippen molar-refractivity contribution in [3.8, 4) is 5.88 Å². The zero-order valence-electron chi connectivity index (χ0n) is 10.5. The highest BCUT2D eigenvalue weighted by atomic mass is 35.5. The Morgan fingerprint density at radius 2 is 1.95 bits per heavy atom. The number of benzene rings is 1. The van der Waals surface area contributed by atoms with Gasteiger partial charge in [-0.15, -0.1) is 0 Å². The minimum atomic E-state index is -0.386. The minimum absolute atomic E-state index is 0.123. The summed E-state index contributed by atoms with van der Waals surface area (Å²) in [6, 6.07) is 9.91. The van der Waals surface area contributed by atoms with Crippen LogP contribution in [0.2, 0.25) is 0 Å². The number of pyridine rings is 1. The van der Waals surface area contributed by atoms with Gasteiger partial charge in [0.2, 0.25) is 5.88 Å². The first-order chi connectivity index (χ1) is 9.67. The molecule has 2 aromatic rings. The standard InChI is InChI=1S/C14H12ClFN2O2/c15-13(18-19)7-10-1-3-11(4-2-10)9-20-14-8-12(16)5-6-17-14/h1-6,8,19H,7,9H2/b18-13-. The zero-order chi connectivity index (χ0) is 14.4. The molecule has 1 aromatic carbocycles. The van der Waals surface area contributed by atoms with Crippen LogP contribution >= 0.6 is 11.6 Å². The fraction of sp³-hybridized carbons (Fsp3) is 0.143. The molecule has 1 heterocycles. The Bertz CT molecular complexity index is 602. The Hall–Kier alpha value is -2.14. The highest BCUT2D eigenvalue weighted by Gasteiger charge is 2.01. The van der Waals surface area contributed by atoms with E-state index in [9.17, 15) is 4.39 Å². The molecule has 0 amide bonds. The number of nitrogens with zero attached hydrogens (tertiary/aromatic N) is 2. The molecular formula is C14H12ClFN2O2. The van der Waals surface area contributed by atoms with Gasteiger partial charge in [0, 0.05) is 18.7 Å². The molecule has 0 saturated carbocycles. The third-order valence-corrected chi connectivity index (χ3v) is 2.77. The van der Waals surface area contributed by atoms with Crippen molar-refractivity contribution in [3.05, 3.63) is 59.5 Å². The van der Waals surface area contributed by atoms with Crippen LogP contribution in [0.25, 0.3) is 0 Å². The number of halogens is 2. The van der Waals surface area contributed by atoms with Gasteiger partial charge < -0.3 is 9.94 Å². The first-order valence-corrected chi connectivity index (χ1v) is 6.24. The normalized spacial score (nSPS) is 11.4. The molecule has 1 N–H and O–H groups in total. The van der Waals surface area contributed by atoms with Crippen LogP contribution in [0.15, 0.2) is 47.8 Å². The first kappa shape index (κ1) is 14.3. The SMILES string of the molecule is O/N=C(\Cl)Cc1ccc(COc2cc(F)ccn2)cc1. The van der Waals surface area contributed by atoms with Gasteiger partial charge >= 0.3 is 0 Å². The van der Waals surface area contributed by atoms with Gasteiger partial charge in [0.05, 0.1) is 0 Å². The maximum Gasteiger partial charge on any atom is 0.216 e. The second kappa shape index (κ2) is 6.86. The lowest BCUT2D eigenvalue weighted by molar-refractivity contribution is 0.292. The third-order valence-electron chi connectivity index (χ3n) is 2.57. The van der Waals surface area contributed by atoms with Crippen molar-refractivity contribution >= 4 is 16.8 Å². The van der Waals surface area contributed by atoms with Crippen LogP contribution in [0.3, 0.4) is 0 Å². The van der Waals surface area contributed by atoms with Crippen molar-refractivity contribution in [3.63, 3.8) is 0 Å². The van der Waals surface area contributed by atoms with Gasteiger partial charge in [-0.25, -0.2) is 9.37 Å². The van der Waals surface area contributed by atoms with Crippen molar-refractivity contribution in [2.75, 3.05) is 0 Å². The monoisotopic (exact) mass is 294 g/mol. The molecule has 0 radical (unpaired) electrons. The van der Waals surface area contributed by atoms with E-state index in [1.807, 2.05) is 24.3 Å². The summed E-state index contributed by atoms with van der Waals surface area (Å²) in [6.07, 6.45) is 1.72. The van der Waals surface area contributed by atoms with Gasteiger partial charge in [-0.1, -0.05) is 41.0 Å². The van der Waals surface area contributed by atoms with Crippen LogP contribution in [0, 0.1) is 5.82 Å². The van der Waals surface area contributed by atoms with Gasteiger partial charge in [-0.3, -0.25) is 0 Å². The predicted molar refractivity (Wildman–Crippen MR) is 73.7 cm³/mol. The van der Waals surface area contributed by atoms with Crippen LogP contribution in [0.1, 0.15) is 11.1 Å². The van der Waals surface area contributed by atoms with E-state index in [4.69, 9.17) is 21.5 Å². The predicted octanol–water partition coefficient (Wildman–Crippen LogP) is 3.37. The smallest absolute Gasteiger partial charge is 0.216 e. The van der Waals surface area contributed by atoms with Crippen LogP contribution in [-0.2, 0) is 13.0 Å². The summed E-state index contributed by atoms with van der Waals surface area (Å²) in [6.45, 7) is 0.290. The molecule has 20 heavy (non-hydrogen) atoms. The van der Waals surface area contributed by atoms with Crippen molar-refractivity contribution in [1.29, 1.82) is 0 Å². The van der Waals surface area contributed by atoms with E-state index >= 15 is 0 Å². The fourth-order valence-electron chi connectivity index (χ4n) is 1.58. The molecule has 4 nitrogen and oxygen atoms in total. The van der Waals surface area contributed by atoms with Crippen molar-refractivity contribution in [2.24, 2.45) is 5.16 Å². The van der Waals surface area contributed by atoms with E-state index in [2.05, 4.69) is 10.1 Å². The van der Waals surface area contributed by atoms with E-state index in [1.165, 1.54) is 18.3 Å². The van der Waals surface area contributed by atoms with Crippen LogP contribution in [-0.4, -0.2) is 15.4 Å². The Morgan fingerprint density at radius 3 is 2.60 bits per heavy atom. The molecule has 1 aromatic heterocycles. The van der Waals surface area contributed by atoms with E-state index < -0.39 is 0 Å². The summed E-state index contributed by atoms with van der Waals surface area (Å²) in [4.78, 5) is 3.90. The van der Waals surface area contributed by atoms with Gasteiger partial charge in [0.15, 0.2) is 0 Å². The molecule has 104 valence electrons. The summed E-state index contributed by atoms with van der Waals surface area (Å²) in [5.41, 5.74) is 1.83. The summed E-state index contributed by atoms with van der Waals surface area (Å²) >= 11 is 5.63. The lowest BCUT2D eigenvalue weighted by atomic mass is 10.1. The van der Waals surface area contributed by atoms with Gasteiger partial charge in [0.25, 0.3) is 0 Å². The van der Waals surface area contributed by atoms with E-state index in [0.29, 0.717) is 13.0 Å². The van der Waals surface area contributed by atoms with Crippen LogP contribution in [0.4, 0.5) is 4.39 Å². The molecule has 0 atom stereocenters. The molecule has 0 unspecified atom stereocenters. The third kappa shape index (κ3) is 4.20. The molecule has 0 aliphatic carbocycles. The average Bonchev–Trinajstić information content (AvgIpc) is 2.46. The molecule has 0 fully saturated rings. The second-order valence-electron chi connectivity index (χ2n) is 4.07. The topological polar surface area (TPSA) is 54.7 Å². The molecule has 2 rings (SSSR count). The Morgan fingerprint density at radius 1 is 1.25 bits per heavy atom. The Labute approximate surface area is 120 Å². The van der Waals surface area contributed by atoms with Crippen LogP contribution in [0.5, 0.6) is 5.88 Å². The van der Waals surface area contributed by atoms with Crippen molar-refractivity contribution in [2.45, 2.75) is 13.0 Å². The molecule has 0 saturated heterocycles. The van der Waals surface area contributed by atoms with E-state index in [-0.39, 0.29) is 16.9 Å². The summed E-state index contributed by atoms with van der Waals surface area (Å²) < 4.78 is 18.3. The Kier molecular flexibility index (Phi) is 4.90. The number of hydrogen-bond donors (Lipinski definition) is 1. The second-order valence-corrected chi connectivity index (χ2v) is 4.51. The quantitative estimate of drug-likeness (QED) is 0.522. The molecular weight excluding hydrogens is 283 g/mol. The largest absolute Gasteiger partial charge is 0.473 e. The maximum atomic E-state index is 12.9. The van der Waals surface area contributed by atoms with Crippen LogP contribution < -0.4 is 4.74 Å². The number of ether oxygens (including phenoxy) is 1. The zero-order valence-corrected chi connectivity index (χ0v) is 11.2. The van der Waals surface area contributed by atoms with Gasteiger partial charge in [-0.05, 0) is 17.2 Å². The fourth-order valence-corrected chi connectivity index (χ4v) is 1.73. The molecule has 0 aliphatic heterocycles. The highest BCUT2D eigenvalue weighted by molar-refractivity contribution is 6.65. The minimum Gasteiger partial charge on any atom is -0.473 e. The highest BCUT2D eigenvalue weighted by Crippen LogP contribution is 2.12. The lowest BCUT2D eigenvalue weighted by Gasteiger charge is -2.06.